The Morgan fingerprint density at radius 1 is 1.11 bits per heavy atom. The van der Waals surface area contributed by atoms with Crippen LogP contribution in [0.15, 0.2) is 42.5 Å². The summed E-state index contributed by atoms with van der Waals surface area (Å²) >= 11 is 0. The van der Waals surface area contributed by atoms with Crippen molar-refractivity contribution in [2.75, 3.05) is 16.8 Å². The van der Waals surface area contributed by atoms with Crippen LogP contribution < -0.4 is 26.0 Å². The van der Waals surface area contributed by atoms with Crippen LogP contribution in [0, 0.1) is 19.7 Å². The first-order valence-corrected chi connectivity index (χ1v) is 14.5. The van der Waals surface area contributed by atoms with Crippen LogP contribution in [-0.2, 0) is 20.7 Å². The molecule has 11 nitrogen and oxygen atoms in total. The van der Waals surface area contributed by atoms with E-state index in [2.05, 4.69) is 27.4 Å². The highest BCUT2D eigenvalue weighted by Gasteiger charge is 2.29. The number of amides is 2. The largest absolute Gasteiger partial charge is 0.444 e. The fraction of sp³-hybridized carbons (Fsp3) is 0.406. The summed E-state index contributed by atoms with van der Waals surface area (Å²) in [7, 11) is 0. The van der Waals surface area contributed by atoms with E-state index in [0.717, 1.165) is 28.2 Å². The summed E-state index contributed by atoms with van der Waals surface area (Å²) in [5.74, 6) is -0.118. The van der Waals surface area contributed by atoms with Crippen molar-refractivity contribution in [1.29, 1.82) is 0 Å². The molecule has 2 aromatic carbocycles. The minimum absolute atomic E-state index is 0.0277. The number of rotatable bonds is 9. The average molecular weight is 607 g/mol. The Kier molecular flexibility index (Phi) is 9.71. The van der Waals surface area contributed by atoms with Gasteiger partial charge in [0, 0.05) is 29.9 Å². The van der Waals surface area contributed by atoms with Gasteiger partial charge >= 0.3 is 12.1 Å². The van der Waals surface area contributed by atoms with Gasteiger partial charge in [0.05, 0.1) is 6.04 Å². The zero-order chi connectivity index (χ0) is 32.2. The summed E-state index contributed by atoms with van der Waals surface area (Å²) in [5, 5.41) is 5.65. The highest BCUT2D eigenvalue weighted by molar-refractivity contribution is 5.84. The number of carbonyl (C=O) groups excluding carboxylic acids is 3. The van der Waals surface area contributed by atoms with E-state index in [4.69, 9.17) is 20.2 Å². The molecule has 0 spiro atoms. The Labute approximate surface area is 256 Å². The summed E-state index contributed by atoms with van der Waals surface area (Å²) in [6, 6.07) is 10.3. The number of ether oxygens (including phenoxy) is 2. The molecule has 4 N–H and O–H groups in total. The van der Waals surface area contributed by atoms with E-state index in [1.165, 1.54) is 12.1 Å². The molecule has 2 heterocycles. The third kappa shape index (κ3) is 8.21. The van der Waals surface area contributed by atoms with E-state index in [0.29, 0.717) is 30.4 Å². The standard InChI is InChI=1S/C32H39FN6O5/c1-18-19(2)35-30(36-23-9-7-22(33)8-10-23)38-28(18)39-16-15-21-17-24(11-12-25(21)20(39)3)43-29(41)26(13-14-27(34)40)37-31(42)44-32(4,5)6/h7-12,17,20,26H,13-16H2,1-6H3,(H2,34,40)(H,37,42)(H,35,36,38)/t20?,26-/m0/s1. The van der Waals surface area contributed by atoms with Gasteiger partial charge in [-0.2, -0.15) is 4.98 Å². The predicted molar refractivity (Wildman–Crippen MR) is 164 cm³/mol. The molecule has 1 aliphatic rings. The van der Waals surface area contributed by atoms with Gasteiger partial charge in [-0.1, -0.05) is 6.07 Å². The van der Waals surface area contributed by atoms with Crippen LogP contribution in [0.1, 0.15) is 69.0 Å². The molecular formula is C32H39FN6O5. The van der Waals surface area contributed by atoms with Crippen molar-refractivity contribution in [1.82, 2.24) is 15.3 Å². The van der Waals surface area contributed by atoms with Crippen LogP contribution >= 0.6 is 0 Å². The van der Waals surface area contributed by atoms with Crippen LogP contribution in [-0.4, -0.2) is 46.1 Å². The number of esters is 1. The molecule has 1 aromatic heterocycles. The Morgan fingerprint density at radius 3 is 2.48 bits per heavy atom. The first-order valence-electron chi connectivity index (χ1n) is 14.5. The number of carbonyl (C=O) groups is 3. The predicted octanol–water partition coefficient (Wildman–Crippen LogP) is 5.16. The van der Waals surface area contributed by atoms with E-state index in [1.54, 1.807) is 39.0 Å². The van der Waals surface area contributed by atoms with Crippen LogP contribution in [0.4, 0.5) is 26.6 Å². The maximum absolute atomic E-state index is 13.4. The molecule has 4 rings (SSSR count). The number of alkyl carbamates (subject to hydrolysis) is 1. The van der Waals surface area contributed by atoms with E-state index >= 15 is 0 Å². The molecule has 44 heavy (non-hydrogen) atoms. The summed E-state index contributed by atoms with van der Waals surface area (Å²) < 4.78 is 24.3. The minimum atomic E-state index is -1.12. The highest BCUT2D eigenvalue weighted by Crippen LogP contribution is 2.36. The Hall–Kier alpha value is -4.74. The molecule has 234 valence electrons. The third-order valence-corrected chi connectivity index (χ3v) is 7.26. The number of nitrogens with zero attached hydrogens (tertiary/aromatic N) is 3. The molecule has 0 bridgehead atoms. The number of nitrogens with two attached hydrogens (primary N) is 1. The lowest BCUT2D eigenvalue weighted by Gasteiger charge is -2.37. The molecular weight excluding hydrogens is 567 g/mol. The Balaban J connectivity index is 1.50. The second-order valence-corrected chi connectivity index (χ2v) is 11.8. The van der Waals surface area contributed by atoms with Gasteiger partial charge in [-0.05, 0) is 102 Å². The smallest absolute Gasteiger partial charge is 0.408 e. The lowest BCUT2D eigenvalue weighted by atomic mass is 9.93. The van der Waals surface area contributed by atoms with Gasteiger partial charge in [-0.25, -0.2) is 19.0 Å². The Morgan fingerprint density at radius 2 is 1.82 bits per heavy atom. The molecule has 3 aromatic rings. The van der Waals surface area contributed by atoms with Crippen molar-refractivity contribution in [2.45, 2.75) is 78.5 Å². The number of primary amides is 1. The number of halogens is 1. The van der Waals surface area contributed by atoms with E-state index in [9.17, 15) is 18.8 Å². The maximum Gasteiger partial charge on any atom is 0.408 e. The third-order valence-electron chi connectivity index (χ3n) is 7.26. The van der Waals surface area contributed by atoms with Gasteiger partial charge in [0.15, 0.2) is 0 Å². The number of hydrogen-bond donors (Lipinski definition) is 3. The molecule has 2 amide bonds. The molecule has 0 fully saturated rings. The summed E-state index contributed by atoms with van der Waals surface area (Å²) in [4.78, 5) is 48.3. The second kappa shape index (κ2) is 13.3. The van der Waals surface area contributed by atoms with Crippen molar-refractivity contribution < 1.29 is 28.2 Å². The zero-order valence-electron chi connectivity index (χ0n) is 25.9. The van der Waals surface area contributed by atoms with Crippen LogP contribution in [0.5, 0.6) is 5.75 Å². The molecule has 12 heteroatoms. The number of anilines is 3. The highest BCUT2D eigenvalue weighted by atomic mass is 19.1. The number of aryl methyl sites for hydroxylation is 1. The van der Waals surface area contributed by atoms with Gasteiger partial charge in [-0.15, -0.1) is 0 Å². The van der Waals surface area contributed by atoms with Crippen molar-refractivity contribution in [3.05, 3.63) is 70.7 Å². The number of hydrogen-bond acceptors (Lipinski definition) is 9. The number of nitrogens with one attached hydrogen (secondary N) is 2. The van der Waals surface area contributed by atoms with E-state index < -0.39 is 29.6 Å². The lowest BCUT2D eigenvalue weighted by molar-refractivity contribution is -0.137. The van der Waals surface area contributed by atoms with Crippen LogP contribution in [0.3, 0.4) is 0 Å². The van der Waals surface area contributed by atoms with E-state index in [-0.39, 0.29) is 24.7 Å². The first kappa shape index (κ1) is 32.2. The quantitative estimate of drug-likeness (QED) is 0.222. The van der Waals surface area contributed by atoms with Gasteiger partial charge in [0.2, 0.25) is 11.9 Å². The van der Waals surface area contributed by atoms with Crippen molar-refractivity contribution >= 4 is 35.4 Å². The fourth-order valence-corrected chi connectivity index (χ4v) is 4.95. The monoisotopic (exact) mass is 606 g/mol. The van der Waals surface area contributed by atoms with Crippen molar-refractivity contribution in [3.63, 3.8) is 0 Å². The maximum atomic E-state index is 13.4. The number of aromatic nitrogens is 2. The van der Waals surface area contributed by atoms with Crippen LogP contribution in [0.2, 0.25) is 0 Å². The minimum Gasteiger partial charge on any atom is -0.444 e. The molecule has 1 unspecified atom stereocenters. The average Bonchev–Trinajstić information content (AvgIpc) is 2.93. The molecule has 1 aliphatic heterocycles. The molecule has 2 atom stereocenters. The SMILES string of the molecule is Cc1nc(Nc2ccc(F)cc2)nc(N2CCc3cc(OC(=O)[C@H](CCC(N)=O)NC(=O)OC(C)(C)C)ccc3C2C)c1C. The summed E-state index contributed by atoms with van der Waals surface area (Å²) in [6.45, 7) is 11.8. The first-order chi connectivity index (χ1) is 20.7. The molecule has 0 radical (unpaired) electrons. The zero-order valence-corrected chi connectivity index (χ0v) is 25.9. The van der Waals surface area contributed by atoms with Gasteiger partial charge in [-0.3, -0.25) is 4.79 Å². The lowest BCUT2D eigenvalue weighted by Crippen LogP contribution is -2.45. The van der Waals surface area contributed by atoms with Gasteiger partial charge in [0.1, 0.15) is 29.0 Å². The van der Waals surface area contributed by atoms with E-state index in [1.807, 2.05) is 26.0 Å². The summed E-state index contributed by atoms with van der Waals surface area (Å²) in [5.41, 5.74) is 9.03. The molecule has 0 saturated heterocycles. The number of benzene rings is 2. The summed E-state index contributed by atoms with van der Waals surface area (Å²) in [6.07, 6.45) is -0.277. The molecule has 0 aliphatic carbocycles. The van der Waals surface area contributed by atoms with Crippen molar-refractivity contribution in [3.8, 4) is 5.75 Å². The Bertz CT molecular complexity index is 1540. The van der Waals surface area contributed by atoms with Gasteiger partial charge < -0.3 is 30.7 Å². The topological polar surface area (TPSA) is 149 Å². The van der Waals surface area contributed by atoms with Crippen molar-refractivity contribution in [2.24, 2.45) is 5.73 Å². The normalized spacial score (nSPS) is 15.2. The van der Waals surface area contributed by atoms with Gasteiger partial charge in [0.25, 0.3) is 0 Å². The van der Waals surface area contributed by atoms with Crippen LogP contribution in [0.25, 0.3) is 0 Å². The second-order valence-electron chi connectivity index (χ2n) is 11.8. The number of fused-ring (bicyclic) bond motifs is 1. The molecule has 0 saturated carbocycles. The fourth-order valence-electron chi connectivity index (χ4n) is 4.95.